The van der Waals surface area contributed by atoms with Gasteiger partial charge in [0.1, 0.15) is 5.15 Å². The van der Waals surface area contributed by atoms with Crippen LogP contribution in [0.5, 0.6) is 0 Å². The van der Waals surface area contributed by atoms with Crippen LogP contribution in [0.2, 0.25) is 5.15 Å². The fourth-order valence-corrected chi connectivity index (χ4v) is 3.53. The number of halogens is 1. The van der Waals surface area contributed by atoms with Crippen molar-refractivity contribution in [3.63, 3.8) is 0 Å². The fraction of sp³-hybridized carbons (Fsp3) is 0.643. The van der Waals surface area contributed by atoms with E-state index in [2.05, 4.69) is 33.8 Å². The topological polar surface area (TPSA) is 55.6 Å². The van der Waals surface area contributed by atoms with Gasteiger partial charge in [-0.25, -0.2) is 0 Å². The largest absolute Gasteiger partial charge is 0.309 e. The van der Waals surface area contributed by atoms with Gasteiger partial charge in [0.25, 0.3) is 0 Å². The molecular formula is C14H22ClN5S. The lowest BCUT2D eigenvalue weighted by atomic mass is 10.0. The molecule has 0 saturated carbocycles. The highest BCUT2D eigenvalue weighted by Crippen LogP contribution is 2.29. The first-order valence-electron chi connectivity index (χ1n) is 7.30. The van der Waals surface area contributed by atoms with Crippen LogP contribution in [-0.4, -0.2) is 25.9 Å². The van der Waals surface area contributed by atoms with E-state index in [4.69, 9.17) is 11.6 Å². The molecule has 1 unspecified atom stereocenters. The van der Waals surface area contributed by atoms with E-state index in [0.29, 0.717) is 5.15 Å². The molecule has 0 spiro atoms. The summed E-state index contributed by atoms with van der Waals surface area (Å²) in [6, 6.07) is 0.192. The van der Waals surface area contributed by atoms with E-state index in [-0.39, 0.29) is 6.04 Å². The molecule has 2 heterocycles. The number of nitrogens with one attached hydrogen (secondary N) is 1. The van der Waals surface area contributed by atoms with Crippen LogP contribution in [-0.2, 0) is 19.9 Å². The minimum Gasteiger partial charge on any atom is -0.309 e. The molecule has 0 aromatic carbocycles. The lowest BCUT2D eigenvalue weighted by Gasteiger charge is -2.17. The van der Waals surface area contributed by atoms with E-state index in [9.17, 15) is 0 Å². The molecule has 21 heavy (non-hydrogen) atoms. The van der Waals surface area contributed by atoms with Crippen molar-refractivity contribution in [2.75, 3.05) is 6.54 Å². The van der Waals surface area contributed by atoms with Gasteiger partial charge in [0, 0.05) is 18.7 Å². The van der Waals surface area contributed by atoms with Crippen molar-refractivity contribution >= 4 is 23.1 Å². The fourth-order valence-electron chi connectivity index (χ4n) is 2.50. The Balaban J connectivity index is 2.28. The van der Waals surface area contributed by atoms with Crippen LogP contribution < -0.4 is 5.32 Å². The third kappa shape index (κ3) is 3.62. The molecule has 0 aliphatic rings. The highest BCUT2D eigenvalue weighted by atomic mass is 35.5. The van der Waals surface area contributed by atoms with E-state index in [1.54, 1.807) is 4.68 Å². The number of likely N-dealkylation sites (N-methyl/N-ethyl adjacent to an activating group) is 1. The van der Waals surface area contributed by atoms with Gasteiger partial charge in [-0.3, -0.25) is 4.68 Å². The third-order valence-electron chi connectivity index (χ3n) is 3.52. The Morgan fingerprint density at radius 1 is 1.38 bits per heavy atom. The molecule has 2 aromatic rings. The third-order valence-corrected chi connectivity index (χ3v) is 4.87. The summed E-state index contributed by atoms with van der Waals surface area (Å²) in [5.41, 5.74) is 3.19. The summed E-state index contributed by atoms with van der Waals surface area (Å²) < 4.78 is 5.86. The van der Waals surface area contributed by atoms with Crippen molar-refractivity contribution < 1.29 is 0 Å². The average Bonchev–Trinajstić information content (AvgIpc) is 2.99. The van der Waals surface area contributed by atoms with Crippen LogP contribution in [0, 0.1) is 6.92 Å². The van der Waals surface area contributed by atoms with Crippen molar-refractivity contribution in [1.29, 1.82) is 0 Å². The predicted molar refractivity (Wildman–Crippen MR) is 87.0 cm³/mol. The maximum atomic E-state index is 6.37. The first-order valence-corrected chi connectivity index (χ1v) is 8.46. The van der Waals surface area contributed by atoms with E-state index >= 15 is 0 Å². The Morgan fingerprint density at radius 3 is 2.71 bits per heavy atom. The quantitative estimate of drug-likeness (QED) is 0.849. The second kappa shape index (κ2) is 7.33. The summed E-state index contributed by atoms with van der Waals surface area (Å²) in [6.45, 7) is 7.17. The monoisotopic (exact) mass is 327 g/mol. The van der Waals surface area contributed by atoms with Crippen LogP contribution in [0.4, 0.5) is 0 Å². The van der Waals surface area contributed by atoms with Gasteiger partial charge >= 0.3 is 0 Å². The van der Waals surface area contributed by atoms with Crippen LogP contribution in [0.25, 0.3) is 0 Å². The van der Waals surface area contributed by atoms with Gasteiger partial charge in [-0.15, -0.1) is 5.10 Å². The number of rotatable bonds is 7. The summed E-state index contributed by atoms with van der Waals surface area (Å²) >= 11 is 7.85. The summed E-state index contributed by atoms with van der Waals surface area (Å²) in [7, 11) is 1.87. The van der Waals surface area contributed by atoms with Gasteiger partial charge in [0.05, 0.1) is 16.3 Å². The number of hydrogen-bond donors (Lipinski definition) is 1. The van der Waals surface area contributed by atoms with Crippen molar-refractivity contribution in [3.8, 4) is 0 Å². The molecule has 0 fully saturated rings. The number of hydrogen-bond acceptors (Lipinski definition) is 5. The summed E-state index contributed by atoms with van der Waals surface area (Å²) in [6.07, 6.45) is 2.85. The molecule has 116 valence electrons. The highest BCUT2D eigenvalue weighted by molar-refractivity contribution is 7.05. The maximum absolute atomic E-state index is 6.37. The van der Waals surface area contributed by atoms with Crippen molar-refractivity contribution in [3.05, 3.63) is 27.0 Å². The second-order valence-electron chi connectivity index (χ2n) is 5.13. The lowest BCUT2D eigenvalue weighted by molar-refractivity contribution is 0.550. The zero-order chi connectivity index (χ0) is 15.4. The van der Waals surface area contributed by atoms with E-state index < -0.39 is 0 Å². The van der Waals surface area contributed by atoms with E-state index in [0.717, 1.165) is 42.8 Å². The van der Waals surface area contributed by atoms with E-state index in [1.807, 2.05) is 14.0 Å². The molecule has 1 atom stereocenters. The Bertz CT molecular complexity index is 592. The Hall–Kier alpha value is -0.980. The molecular weight excluding hydrogens is 306 g/mol. The molecule has 0 aliphatic heterocycles. The maximum Gasteiger partial charge on any atom is 0.130 e. The molecule has 0 amide bonds. The van der Waals surface area contributed by atoms with Crippen LogP contribution in [0.3, 0.4) is 0 Å². The predicted octanol–water partition coefficient (Wildman–Crippen LogP) is 3.08. The molecule has 7 heteroatoms. The van der Waals surface area contributed by atoms with Gasteiger partial charge in [0.2, 0.25) is 0 Å². The Kier molecular flexibility index (Phi) is 5.72. The van der Waals surface area contributed by atoms with Crippen molar-refractivity contribution in [1.82, 2.24) is 24.7 Å². The average molecular weight is 328 g/mol. The molecule has 5 nitrogen and oxygen atoms in total. The first-order chi connectivity index (χ1) is 10.1. The molecule has 2 aromatic heterocycles. The second-order valence-corrected chi connectivity index (χ2v) is 6.27. The van der Waals surface area contributed by atoms with Crippen LogP contribution in [0.15, 0.2) is 0 Å². The molecule has 0 saturated heterocycles. The van der Waals surface area contributed by atoms with Crippen molar-refractivity contribution in [2.24, 2.45) is 7.05 Å². The van der Waals surface area contributed by atoms with Gasteiger partial charge < -0.3 is 5.32 Å². The Morgan fingerprint density at radius 2 is 2.14 bits per heavy atom. The van der Waals surface area contributed by atoms with Gasteiger partial charge in [0.15, 0.2) is 0 Å². The van der Waals surface area contributed by atoms with Crippen LogP contribution >= 0.6 is 23.1 Å². The van der Waals surface area contributed by atoms with Crippen LogP contribution in [0.1, 0.15) is 48.1 Å². The molecule has 0 radical (unpaired) electrons. The number of aromatic nitrogens is 4. The SMILES string of the molecule is CCCc1nnsc1C(Cc1c(C)nn(C)c1Cl)NCC. The smallest absolute Gasteiger partial charge is 0.130 e. The zero-order valence-electron chi connectivity index (χ0n) is 13.0. The Labute approximate surface area is 134 Å². The molecule has 0 bridgehead atoms. The summed E-state index contributed by atoms with van der Waals surface area (Å²) in [5.74, 6) is 0. The zero-order valence-corrected chi connectivity index (χ0v) is 14.6. The van der Waals surface area contributed by atoms with Crippen molar-refractivity contribution in [2.45, 2.75) is 46.1 Å². The summed E-state index contributed by atoms with van der Waals surface area (Å²) in [5, 5.41) is 12.9. The molecule has 0 aliphatic carbocycles. The number of nitrogens with zero attached hydrogens (tertiary/aromatic N) is 4. The van der Waals surface area contributed by atoms with Gasteiger partial charge in [-0.1, -0.05) is 36.4 Å². The summed E-state index contributed by atoms with van der Waals surface area (Å²) in [4.78, 5) is 1.22. The lowest BCUT2D eigenvalue weighted by Crippen LogP contribution is -2.23. The van der Waals surface area contributed by atoms with E-state index in [1.165, 1.54) is 16.4 Å². The minimum atomic E-state index is 0.192. The first kappa shape index (κ1) is 16.4. The van der Waals surface area contributed by atoms with Gasteiger partial charge in [-0.2, -0.15) is 5.10 Å². The van der Waals surface area contributed by atoms with Gasteiger partial charge in [-0.05, 0) is 37.8 Å². The molecule has 1 N–H and O–H groups in total. The minimum absolute atomic E-state index is 0.192. The highest BCUT2D eigenvalue weighted by Gasteiger charge is 2.22. The molecule has 2 rings (SSSR count). The number of aryl methyl sites for hydroxylation is 3. The standard InChI is InChI=1S/C14H22ClN5S/c1-5-7-11-13(21-19-17-11)12(16-6-2)8-10-9(3)18-20(4)14(10)15/h12,16H,5-8H2,1-4H3. The normalized spacial score (nSPS) is 12.8.